The van der Waals surface area contributed by atoms with E-state index in [0.29, 0.717) is 19.0 Å². The Kier molecular flexibility index (Phi) is 11.6. The summed E-state index contributed by atoms with van der Waals surface area (Å²) in [6, 6.07) is 4.57. The first kappa shape index (κ1) is 27.6. The highest BCUT2D eigenvalue weighted by Gasteiger charge is 2.28. The van der Waals surface area contributed by atoms with E-state index >= 15 is 0 Å². The van der Waals surface area contributed by atoms with Crippen molar-refractivity contribution in [2.75, 3.05) is 38.5 Å². The van der Waals surface area contributed by atoms with Gasteiger partial charge in [0.15, 0.2) is 15.8 Å². The van der Waals surface area contributed by atoms with Gasteiger partial charge in [-0.1, -0.05) is 13.0 Å². The van der Waals surface area contributed by atoms with Crippen LogP contribution in [0, 0.1) is 5.92 Å². The maximum atomic E-state index is 12.3. The van der Waals surface area contributed by atoms with E-state index < -0.39 is 14.6 Å². The molecule has 0 aliphatic carbocycles. The molecule has 1 atom stereocenters. The molecule has 30 heavy (non-hydrogen) atoms. The van der Waals surface area contributed by atoms with Gasteiger partial charge in [0.05, 0.1) is 23.1 Å². The highest BCUT2D eigenvalue weighted by atomic mass is 127. The van der Waals surface area contributed by atoms with Gasteiger partial charge in [0.25, 0.3) is 0 Å². The van der Waals surface area contributed by atoms with Crippen molar-refractivity contribution in [2.24, 2.45) is 10.9 Å². The molecule has 174 valence electrons. The number of rotatable bonds is 8. The summed E-state index contributed by atoms with van der Waals surface area (Å²) in [4.78, 5) is 8.70. The van der Waals surface area contributed by atoms with E-state index in [2.05, 4.69) is 40.0 Å². The molecule has 1 aromatic rings. The zero-order valence-corrected chi connectivity index (χ0v) is 22.9. The lowest BCUT2D eigenvalue weighted by atomic mass is 9.97. The molecule has 0 amide bonds. The lowest BCUT2D eigenvalue weighted by Gasteiger charge is -2.35. The average molecular weight is 571 g/mol. The van der Waals surface area contributed by atoms with Crippen LogP contribution >= 0.6 is 35.3 Å². The molecule has 0 bridgehead atoms. The molecular weight excluding hydrogens is 531 g/mol. The minimum Gasteiger partial charge on any atom is -0.357 e. The summed E-state index contributed by atoms with van der Waals surface area (Å²) in [5.41, 5.74) is 0. The lowest BCUT2D eigenvalue weighted by molar-refractivity contribution is 0.143. The van der Waals surface area contributed by atoms with Gasteiger partial charge in [-0.15, -0.1) is 35.3 Å². The molecule has 0 saturated carbocycles. The average Bonchev–Trinajstić information content (AvgIpc) is 3.16. The van der Waals surface area contributed by atoms with Gasteiger partial charge >= 0.3 is 0 Å². The number of guanidine groups is 1. The van der Waals surface area contributed by atoms with Crippen LogP contribution in [0.5, 0.6) is 0 Å². The summed E-state index contributed by atoms with van der Waals surface area (Å²) in [5.74, 6) is 1.57. The Bertz CT molecular complexity index is 738. The number of hydrogen-bond acceptors (Lipinski definition) is 5. The van der Waals surface area contributed by atoms with E-state index in [0.717, 1.165) is 25.6 Å². The summed E-state index contributed by atoms with van der Waals surface area (Å²) >= 11 is 1.78. The number of aliphatic imine (C=N–C) groups is 1. The third-order valence-corrected chi connectivity index (χ3v) is 9.07. The fraction of sp³-hybridized carbons (Fsp3) is 0.762. The van der Waals surface area contributed by atoms with Crippen molar-refractivity contribution in [1.82, 2.24) is 15.5 Å². The molecule has 0 spiro atoms. The van der Waals surface area contributed by atoms with Gasteiger partial charge in [-0.2, -0.15) is 0 Å². The van der Waals surface area contributed by atoms with E-state index in [1.165, 1.54) is 17.7 Å². The number of thiophene rings is 1. The predicted octanol–water partition coefficient (Wildman–Crippen LogP) is 3.91. The third kappa shape index (κ3) is 8.27. The van der Waals surface area contributed by atoms with Crippen molar-refractivity contribution in [2.45, 2.75) is 58.2 Å². The first-order chi connectivity index (χ1) is 13.6. The Labute approximate surface area is 204 Å². The summed E-state index contributed by atoms with van der Waals surface area (Å²) in [6.45, 7) is 13.5. The molecule has 1 unspecified atom stereocenters. The molecule has 1 fully saturated rings. The monoisotopic (exact) mass is 570 g/mol. The maximum absolute atomic E-state index is 12.3. The molecular formula is C21H39IN4O2S2. The largest absolute Gasteiger partial charge is 0.357 e. The van der Waals surface area contributed by atoms with Gasteiger partial charge in [-0.3, -0.25) is 9.89 Å². The Balaban J connectivity index is 0.00000450. The number of sulfone groups is 1. The number of hydrogen-bond donors (Lipinski definition) is 2. The number of halogens is 1. The minimum absolute atomic E-state index is 0. The van der Waals surface area contributed by atoms with Gasteiger partial charge in [0, 0.05) is 18.0 Å². The Morgan fingerprint density at radius 1 is 1.30 bits per heavy atom. The number of nitrogens with one attached hydrogen (secondary N) is 2. The molecule has 6 nitrogen and oxygen atoms in total. The maximum Gasteiger partial charge on any atom is 0.191 e. The van der Waals surface area contributed by atoms with Gasteiger partial charge in [-0.05, 0) is 71.0 Å². The normalized spacial score (nSPS) is 18.0. The standard InChI is InChI=1S/C21H38N4O2S2.HI/c1-6-22-20(23-11-15-29(26,27)21(3,4)5)24-16-18(19-8-7-14-28-19)25-12-9-17(2)10-13-25;/h7-8,14,17-18H,6,9-13,15-16H2,1-5H3,(H2,22,23,24);1H. The lowest BCUT2D eigenvalue weighted by Crippen LogP contribution is -2.42. The summed E-state index contributed by atoms with van der Waals surface area (Å²) in [5, 5.41) is 8.58. The van der Waals surface area contributed by atoms with Crippen molar-refractivity contribution < 1.29 is 8.42 Å². The second kappa shape index (κ2) is 12.6. The van der Waals surface area contributed by atoms with Crippen LogP contribution in [0.3, 0.4) is 0 Å². The highest BCUT2D eigenvalue weighted by molar-refractivity contribution is 14.0. The molecule has 2 heterocycles. The minimum atomic E-state index is -3.15. The van der Waals surface area contributed by atoms with Gasteiger partial charge < -0.3 is 10.6 Å². The molecule has 1 saturated heterocycles. The van der Waals surface area contributed by atoms with Crippen LogP contribution in [0.2, 0.25) is 0 Å². The van der Waals surface area contributed by atoms with Crippen molar-refractivity contribution in [3.05, 3.63) is 22.4 Å². The predicted molar refractivity (Wildman–Crippen MR) is 140 cm³/mol. The molecule has 2 rings (SSSR count). The quantitative estimate of drug-likeness (QED) is 0.282. The van der Waals surface area contributed by atoms with Crippen LogP contribution in [0.1, 0.15) is 58.4 Å². The van der Waals surface area contributed by atoms with E-state index in [-0.39, 0.29) is 35.8 Å². The summed E-state index contributed by atoms with van der Waals surface area (Å²) < 4.78 is 23.9. The van der Waals surface area contributed by atoms with Crippen LogP contribution < -0.4 is 10.6 Å². The highest BCUT2D eigenvalue weighted by Crippen LogP contribution is 2.29. The first-order valence-corrected chi connectivity index (χ1v) is 13.2. The van der Waals surface area contributed by atoms with Gasteiger partial charge in [0.2, 0.25) is 0 Å². The summed E-state index contributed by atoms with van der Waals surface area (Å²) in [6.07, 6.45) is 2.46. The second-order valence-electron chi connectivity index (χ2n) is 8.83. The second-order valence-corrected chi connectivity index (χ2v) is 12.7. The van der Waals surface area contributed by atoms with Gasteiger partial charge in [-0.25, -0.2) is 8.42 Å². The smallest absolute Gasteiger partial charge is 0.191 e. The van der Waals surface area contributed by atoms with Crippen molar-refractivity contribution in [3.63, 3.8) is 0 Å². The molecule has 1 aliphatic heterocycles. The Morgan fingerprint density at radius 3 is 2.50 bits per heavy atom. The third-order valence-electron chi connectivity index (χ3n) is 5.49. The van der Waals surface area contributed by atoms with E-state index in [1.807, 2.05) is 6.92 Å². The molecule has 1 aliphatic rings. The van der Waals surface area contributed by atoms with Crippen LogP contribution in [0.4, 0.5) is 0 Å². The van der Waals surface area contributed by atoms with Gasteiger partial charge in [0.1, 0.15) is 0 Å². The van der Waals surface area contributed by atoms with E-state index in [9.17, 15) is 8.42 Å². The zero-order valence-electron chi connectivity index (χ0n) is 19.0. The molecule has 0 radical (unpaired) electrons. The van der Waals surface area contributed by atoms with Crippen LogP contribution in [0.25, 0.3) is 0 Å². The first-order valence-electron chi connectivity index (χ1n) is 10.7. The summed E-state index contributed by atoms with van der Waals surface area (Å²) in [7, 11) is -3.15. The SMILES string of the molecule is CCNC(=NCC(c1cccs1)N1CCC(C)CC1)NCCS(=O)(=O)C(C)(C)C.I. The molecule has 0 aromatic carbocycles. The van der Waals surface area contributed by atoms with E-state index in [1.54, 1.807) is 32.1 Å². The fourth-order valence-electron chi connectivity index (χ4n) is 3.34. The van der Waals surface area contributed by atoms with E-state index in [4.69, 9.17) is 4.99 Å². The van der Waals surface area contributed by atoms with Crippen LogP contribution in [-0.2, 0) is 9.84 Å². The zero-order chi connectivity index (χ0) is 21.5. The van der Waals surface area contributed by atoms with Crippen molar-refractivity contribution in [3.8, 4) is 0 Å². The fourth-order valence-corrected chi connectivity index (χ4v) is 5.17. The molecule has 2 N–H and O–H groups in total. The topological polar surface area (TPSA) is 73.8 Å². The number of nitrogens with zero attached hydrogens (tertiary/aromatic N) is 2. The van der Waals surface area contributed by atoms with Crippen LogP contribution in [0.15, 0.2) is 22.5 Å². The number of piperidine rings is 1. The van der Waals surface area contributed by atoms with Crippen molar-refractivity contribution in [1.29, 1.82) is 0 Å². The Morgan fingerprint density at radius 2 is 1.97 bits per heavy atom. The molecule has 1 aromatic heterocycles. The van der Waals surface area contributed by atoms with Crippen LogP contribution in [-0.4, -0.2) is 62.5 Å². The Hall–Kier alpha value is -0.390. The van der Waals surface area contributed by atoms with Crippen molar-refractivity contribution >= 4 is 51.1 Å². The number of likely N-dealkylation sites (tertiary alicyclic amines) is 1. The molecule has 9 heteroatoms.